The third kappa shape index (κ3) is 2.44. The fourth-order valence-electron chi connectivity index (χ4n) is 0.757. The fourth-order valence-corrected chi connectivity index (χ4v) is 0.757. The summed E-state index contributed by atoms with van der Waals surface area (Å²) in [6.45, 7) is 0. The molecule has 1 aromatic heterocycles. The molecule has 0 unspecified atom stereocenters. The van der Waals surface area contributed by atoms with Crippen LogP contribution < -0.4 is 10.7 Å². The molecule has 0 radical (unpaired) electrons. The Bertz CT molecular complexity index is 346. The molecule has 0 aliphatic carbocycles. The molecule has 8 heteroatoms. The monoisotopic (exact) mass is 198 g/mol. The van der Waals surface area contributed by atoms with E-state index in [2.05, 4.69) is 15.3 Å². The Balaban J connectivity index is 2.64. The van der Waals surface area contributed by atoms with Gasteiger partial charge in [-0.05, 0) is 5.22 Å². The van der Waals surface area contributed by atoms with Crippen molar-refractivity contribution in [1.82, 2.24) is 14.9 Å². The Labute approximate surface area is 79.9 Å². The van der Waals surface area contributed by atoms with Crippen LogP contribution in [0.15, 0.2) is 22.9 Å². The van der Waals surface area contributed by atoms with Gasteiger partial charge >= 0.3 is 0 Å². The normalized spacial score (nSPS) is 10.4. The van der Waals surface area contributed by atoms with Gasteiger partial charge in [-0.25, -0.2) is 4.98 Å². The summed E-state index contributed by atoms with van der Waals surface area (Å²) in [6.07, 6.45) is 2.63. The number of rotatable bonds is 4. The fraction of sp³-hybridized carbons (Fsp3) is 0.333. The minimum Gasteiger partial charge on any atom is -0.364 e. The number of nitrogens with zero attached hydrogens (tertiary/aromatic N) is 5. The molecule has 14 heavy (non-hydrogen) atoms. The van der Waals surface area contributed by atoms with Crippen molar-refractivity contribution in [3.8, 4) is 0 Å². The highest BCUT2D eigenvalue weighted by molar-refractivity contribution is 5.90. The molecule has 1 aromatic rings. The molecule has 0 spiro atoms. The lowest BCUT2D eigenvalue weighted by molar-refractivity contribution is -0.149. The van der Waals surface area contributed by atoms with E-state index in [1.807, 2.05) is 0 Å². The minimum atomic E-state index is -0.618. The summed E-state index contributed by atoms with van der Waals surface area (Å²) in [5.41, 5.74) is 5.11. The van der Waals surface area contributed by atoms with Crippen LogP contribution in [0.2, 0.25) is 0 Å². The standard InChI is InChI=1S/C6H10N6O2/c1-8-10-11(2)14-12-3-5(6(7)13)9-4-12/h3-4H,1-2H3,(H2,7,13). The van der Waals surface area contributed by atoms with E-state index >= 15 is 0 Å². The first-order valence-corrected chi connectivity index (χ1v) is 3.69. The van der Waals surface area contributed by atoms with Crippen LogP contribution in [0.5, 0.6) is 0 Å². The molecule has 0 saturated carbocycles. The summed E-state index contributed by atoms with van der Waals surface area (Å²) < 4.78 is 1.19. The minimum absolute atomic E-state index is 0.117. The molecule has 0 saturated heterocycles. The van der Waals surface area contributed by atoms with Crippen LogP contribution in [0.1, 0.15) is 10.5 Å². The SMILES string of the molecule is CN=NN(C)On1cnc(C(N)=O)c1. The summed E-state index contributed by atoms with van der Waals surface area (Å²) >= 11 is 0. The van der Waals surface area contributed by atoms with Crippen molar-refractivity contribution in [2.45, 2.75) is 0 Å². The van der Waals surface area contributed by atoms with Crippen molar-refractivity contribution in [3.05, 3.63) is 18.2 Å². The first-order chi connectivity index (χ1) is 6.63. The van der Waals surface area contributed by atoms with Crippen LogP contribution in [0, 0.1) is 0 Å². The zero-order chi connectivity index (χ0) is 10.6. The average molecular weight is 198 g/mol. The third-order valence-electron chi connectivity index (χ3n) is 1.24. The van der Waals surface area contributed by atoms with Gasteiger partial charge in [0.1, 0.15) is 12.0 Å². The van der Waals surface area contributed by atoms with Gasteiger partial charge in [-0.1, -0.05) is 5.17 Å². The topological polar surface area (TPSA) is 98.1 Å². The highest BCUT2D eigenvalue weighted by atomic mass is 16.8. The number of hydrogen-bond acceptors (Lipinski definition) is 5. The Kier molecular flexibility index (Phi) is 3.00. The molecule has 0 aliphatic heterocycles. The largest absolute Gasteiger partial charge is 0.364 e. The first-order valence-electron chi connectivity index (χ1n) is 3.69. The van der Waals surface area contributed by atoms with E-state index in [0.717, 1.165) is 5.17 Å². The van der Waals surface area contributed by atoms with Crippen molar-refractivity contribution in [2.75, 3.05) is 14.1 Å². The number of carbonyl (C=O) groups is 1. The summed E-state index contributed by atoms with van der Waals surface area (Å²) in [5, 5.41) is 8.12. The van der Waals surface area contributed by atoms with Gasteiger partial charge in [-0.3, -0.25) is 9.73 Å². The molecule has 0 aliphatic rings. The highest BCUT2D eigenvalue weighted by Crippen LogP contribution is 1.93. The van der Waals surface area contributed by atoms with Crippen molar-refractivity contribution < 1.29 is 9.73 Å². The van der Waals surface area contributed by atoms with E-state index in [1.165, 1.54) is 31.3 Å². The first kappa shape index (κ1) is 9.96. The molecule has 0 bridgehead atoms. The second-order valence-corrected chi connectivity index (χ2v) is 2.32. The quantitative estimate of drug-likeness (QED) is 0.508. The van der Waals surface area contributed by atoms with E-state index in [0.29, 0.717) is 0 Å². The number of primary amides is 1. The number of hydroxylamine groups is 1. The molecular weight excluding hydrogens is 188 g/mol. The number of aromatic nitrogens is 2. The van der Waals surface area contributed by atoms with Crippen LogP contribution in [-0.2, 0) is 0 Å². The Morgan fingerprint density at radius 3 is 3.00 bits per heavy atom. The molecule has 1 rings (SSSR count). The van der Waals surface area contributed by atoms with Crippen molar-refractivity contribution in [3.63, 3.8) is 0 Å². The van der Waals surface area contributed by atoms with E-state index in [9.17, 15) is 4.79 Å². The Morgan fingerprint density at radius 1 is 1.79 bits per heavy atom. The van der Waals surface area contributed by atoms with Crippen LogP contribution in [0.4, 0.5) is 0 Å². The van der Waals surface area contributed by atoms with Crippen LogP contribution in [-0.4, -0.2) is 34.9 Å². The lowest BCUT2D eigenvalue weighted by atomic mass is 10.5. The maximum Gasteiger partial charge on any atom is 0.269 e. The summed E-state index contributed by atoms with van der Waals surface area (Å²) in [4.78, 5) is 19.4. The molecule has 0 fully saturated rings. The Hall–Kier alpha value is -2.12. The maximum atomic E-state index is 10.7. The number of nitrogens with two attached hydrogens (primary N) is 1. The second kappa shape index (κ2) is 4.21. The smallest absolute Gasteiger partial charge is 0.269 e. The maximum absolute atomic E-state index is 10.7. The second-order valence-electron chi connectivity index (χ2n) is 2.32. The van der Waals surface area contributed by atoms with E-state index in [-0.39, 0.29) is 5.69 Å². The molecule has 0 atom stereocenters. The van der Waals surface area contributed by atoms with Gasteiger partial charge in [0.05, 0.1) is 20.3 Å². The summed E-state index contributed by atoms with van der Waals surface area (Å²) in [6, 6.07) is 0. The lowest BCUT2D eigenvalue weighted by Gasteiger charge is -2.10. The molecular formula is C6H10N6O2. The number of hydrogen-bond donors (Lipinski definition) is 1. The predicted octanol–water partition coefficient (Wildman–Crippen LogP) is -0.746. The number of amides is 1. The molecule has 0 aromatic carbocycles. The summed E-state index contributed by atoms with van der Waals surface area (Å²) in [7, 11) is 3.04. The van der Waals surface area contributed by atoms with Gasteiger partial charge in [-0.15, -0.1) is 4.73 Å². The van der Waals surface area contributed by atoms with Gasteiger partial charge in [-0.2, -0.15) is 5.11 Å². The van der Waals surface area contributed by atoms with Crippen molar-refractivity contribution >= 4 is 5.91 Å². The van der Waals surface area contributed by atoms with Gasteiger partial charge in [0.15, 0.2) is 0 Å². The van der Waals surface area contributed by atoms with Crippen LogP contribution >= 0.6 is 0 Å². The molecule has 8 nitrogen and oxygen atoms in total. The van der Waals surface area contributed by atoms with E-state index in [4.69, 9.17) is 10.7 Å². The van der Waals surface area contributed by atoms with Gasteiger partial charge in [0.25, 0.3) is 5.91 Å². The van der Waals surface area contributed by atoms with Crippen molar-refractivity contribution in [1.29, 1.82) is 0 Å². The zero-order valence-corrected chi connectivity index (χ0v) is 7.78. The van der Waals surface area contributed by atoms with E-state index in [1.54, 1.807) is 0 Å². The van der Waals surface area contributed by atoms with Crippen LogP contribution in [0.3, 0.4) is 0 Å². The highest BCUT2D eigenvalue weighted by Gasteiger charge is 2.05. The molecule has 76 valence electrons. The lowest BCUT2D eigenvalue weighted by Crippen LogP contribution is -2.24. The van der Waals surface area contributed by atoms with Crippen molar-refractivity contribution in [2.24, 2.45) is 16.1 Å². The van der Waals surface area contributed by atoms with Gasteiger partial charge in [0, 0.05) is 0 Å². The van der Waals surface area contributed by atoms with Crippen LogP contribution in [0.25, 0.3) is 0 Å². The zero-order valence-electron chi connectivity index (χ0n) is 7.78. The van der Waals surface area contributed by atoms with Gasteiger partial charge < -0.3 is 5.73 Å². The van der Waals surface area contributed by atoms with Gasteiger partial charge in [0.2, 0.25) is 0 Å². The predicted molar refractivity (Wildman–Crippen MR) is 45.9 cm³/mol. The molecule has 1 heterocycles. The van der Waals surface area contributed by atoms with E-state index < -0.39 is 5.91 Å². The molecule has 2 N–H and O–H groups in total. The average Bonchev–Trinajstić information content (AvgIpc) is 2.53. The number of imidazole rings is 1. The number of carbonyl (C=O) groups excluding carboxylic acids is 1. The summed E-state index contributed by atoms with van der Waals surface area (Å²) in [5.74, 6) is -0.618. The third-order valence-corrected chi connectivity index (χ3v) is 1.24. The molecule has 1 amide bonds. The Morgan fingerprint density at radius 2 is 2.50 bits per heavy atom.